The predicted octanol–water partition coefficient (Wildman–Crippen LogP) is 3.52. The fourth-order valence-electron chi connectivity index (χ4n) is 1.57. The van der Waals surface area contributed by atoms with Crippen molar-refractivity contribution in [1.82, 2.24) is 0 Å². The Labute approximate surface area is 95.0 Å². The average molecular weight is 216 g/mol. The highest BCUT2D eigenvalue weighted by molar-refractivity contribution is 4.48. The van der Waals surface area contributed by atoms with Crippen molar-refractivity contribution >= 4 is 0 Å². The number of ether oxygens (including phenoxy) is 1. The third-order valence-corrected chi connectivity index (χ3v) is 2.66. The number of aliphatic hydroxyl groups excluding tert-OH is 1. The molecule has 0 unspecified atom stereocenters. The van der Waals surface area contributed by atoms with Gasteiger partial charge in [0.05, 0.1) is 12.7 Å². The molecule has 2 heteroatoms. The fourth-order valence-corrected chi connectivity index (χ4v) is 1.57. The Morgan fingerprint density at radius 2 is 1.47 bits per heavy atom. The highest BCUT2D eigenvalue weighted by Crippen LogP contribution is 2.08. The van der Waals surface area contributed by atoms with Gasteiger partial charge in [0.1, 0.15) is 0 Å². The molecule has 0 saturated carbocycles. The number of unbranched alkanes of at least 4 members (excludes halogenated alkanes) is 7. The Balaban J connectivity index is 2.92. The van der Waals surface area contributed by atoms with Gasteiger partial charge in [-0.3, -0.25) is 0 Å². The first kappa shape index (κ1) is 14.9. The molecule has 0 bridgehead atoms. The van der Waals surface area contributed by atoms with Crippen molar-refractivity contribution in [3.05, 3.63) is 0 Å². The zero-order valence-corrected chi connectivity index (χ0v) is 10.5. The van der Waals surface area contributed by atoms with Gasteiger partial charge in [-0.25, -0.2) is 0 Å². The molecule has 0 aromatic carbocycles. The number of rotatable bonds is 11. The second-order valence-corrected chi connectivity index (χ2v) is 4.34. The van der Waals surface area contributed by atoms with Crippen LogP contribution in [-0.2, 0) is 4.74 Å². The van der Waals surface area contributed by atoms with E-state index < -0.39 is 0 Å². The standard InChI is InChI=1S/C13H28O2/c1-3-4-5-6-7-8-9-10-11-15-13(2)12-14/h13-14H,3-12H2,1-2H3/t13-/m0/s1. The monoisotopic (exact) mass is 216 g/mol. The van der Waals surface area contributed by atoms with Crippen LogP contribution in [-0.4, -0.2) is 24.4 Å². The Hall–Kier alpha value is -0.0800. The van der Waals surface area contributed by atoms with Crippen LogP contribution in [0.15, 0.2) is 0 Å². The fraction of sp³-hybridized carbons (Fsp3) is 1.00. The molecule has 0 aromatic heterocycles. The first-order chi connectivity index (χ1) is 7.31. The highest BCUT2D eigenvalue weighted by Gasteiger charge is 1.98. The number of hydrogen-bond donors (Lipinski definition) is 1. The number of aliphatic hydroxyl groups is 1. The van der Waals surface area contributed by atoms with Crippen LogP contribution in [0, 0.1) is 0 Å². The summed E-state index contributed by atoms with van der Waals surface area (Å²) >= 11 is 0. The molecule has 92 valence electrons. The molecular formula is C13H28O2. The largest absolute Gasteiger partial charge is 0.394 e. The van der Waals surface area contributed by atoms with Gasteiger partial charge >= 0.3 is 0 Å². The molecular weight excluding hydrogens is 188 g/mol. The summed E-state index contributed by atoms with van der Waals surface area (Å²) in [5, 5.41) is 8.73. The molecule has 0 fully saturated rings. The molecule has 0 radical (unpaired) electrons. The molecule has 0 heterocycles. The molecule has 1 atom stereocenters. The zero-order valence-electron chi connectivity index (χ0n) is 10.5. The summed E-state index contributed by atoms with van der Waals surface area (Å²) in [6, 6.07) is 0. The summed E-state index contributed by atoms with van der Waals surface area (Å²) in [5.74, 6) is 0. The van der Waals surface area contributed by atoms with Crippen LogP contribution in [0.1, 0.15) is 65.2 Å². The molecule has 0 rings (SSSR count). The van der Waals surface area contributed by atoms with Gasteiger partial charge < -0.3 is 9.84 Å². The van der Waals surface area contributed by atoms with Crippen LogP contribution < -0.4 is 0 Å². The van der Waals surface area contributed by atoms with E-state index in [0.29, 0.717) is 0 Å². The SMILES string of the molecule is CCCCCCCCCCO[C@@H](C)CO. The zero-order chi connectivity index (χ0) is 11.4. The lowest BCUT2D eigenvalue weighted by molar-refractivity contribution is 0.0231. The molecule has 0 saturated heterocycles. The minimum Gasteiger partial charge on any atom is -0.394 e. The second-order valence-electron chi connectivity index (χ2n) is 4.34. The quantitative estimate of drug-likeness (QED) is 0.535. The lowest BCUT2D eigenvalue weighted by Crippen LogP contribution is -2.13. The Bertz CT molecular complexity index is 115. The number of hydrogen-bond acceptors (Lipinski definition) is 2. The maximum Gasteiger partial charge on any atom is 0.0777 e. The van der Waals surface area contributed by atoms with E-state index in [9.17, 15) is 0 Å². The minimum absolute atomic E-state index is 0.00885. The van der Waals surface area contributed by atoms with Crippen molar-refractivity contribution in [1.29, 1.82) is 0 Å². The maximum atomic E-state index is 8.73. The molecule has 1 N–H and O–H groups in total. The van der Waals surface area contributed by atoms with Crippen molar-refractivity contribution in [2.45, 2.75) is 71.3 Å². The summed E-state index contributed by atoms with van der Waals surface area (Å²) in [4.78, 5) is 0. The van der Waals surface area contributed by atoms with Gasteiger partial charge in [0.25, 0.3) is 0 Å². The Morgan fingerprint density at radius 3 is 2.00 bits per heavy atom. The molecule has 2 nitrogen and oxygen atoms in total. The van der Waals surface area contributed by atoms with Crippen molar-refractivity contribution in [2.24, 2.45) is 0 Å². The lowest BCUT2D eigenvalue weighted by atomic mass is 10.1. The third-order valence-electron chi connectivity index (χ3n) is 2.66. The van der Waals surface area contributed by atoms with Crippen LogP contribution in [0.4, 0.5) is 0 Å². The van der Waals surface area contributed by atoms with Gasteiger partial charge in [0.15, 0.2) is 0 Å². The van der Waals surface area contributed by atoms with Crippen molar-refractivity contribution in [3.63, 3.8) is 0 Å². The van der Waals surface area contributed by atoms with E-state index in [0.717, 1.165) is 13.0 Å². The van der Waals surface area contributed by atoms with Crippen molar-refractivity contribution < 1.29 is 9.84 Å². The normalized spacial score (nSPS) is 13.0. The molecule has 0 amide bonds. The van der Waals surface area contributed by atoms with E-state index in [1.165, 1.54) is 44.9 Å². The lowest BCUT2D eigenvalue weighted by Gasteiger charge is -2.09. The summed E-state index contributed by atoms with van der Waals surface area (Å²) in [6.07, 6.45) is 10.6. The molecule has 0 aliphatic rings. The Morgan fingerprint density at radius 1 is 0.933 bits per heavy atom. The first-order valence-electron chi connectivity index (χ1n) is 6.53. The minimum atomic E-state index is 0.00885. The van der Waals surface area contributed by atoms with Crippen LogP contribution in [0.3, 0.4) is 0 Å². The maximum absolute atomic E-state index is 8.73. The van der Waals surface area contributed by atoms with Gasteiger partial charge in [0.2, 0.25) is 0 Å². The van der Waals surface area contributed by atoms with E-state index in [2.05, 4.69) is 6.92 Å². The van der Waals surface area contributed by atoms with Crippen LogP contribution in [0.2, 0.25) is 0 Å². The molecule has 0 spiro atoms. The van der Waals surface area contributed by atoms with Gasteiger partial charge in [-0.2, -0.15) is 0 Å². The third kappa shape index (κ3) is 11.8. The first-order valence-corrected chi connectivity index (χ1v) is 6.53. The summed E-state index contributed by atoms with van der Waals surface area (Å²) in [5.41, 5.74) is 0. The smallest absolute Gasteiger partial charge is 0.0777 e. The van der Waals surface area contributed by atoms with E-state index in [-0.39, 0.29) is 12.7 Å². The average Bonchev–Trinajstić information content (AvgIpc) is 2.26. The van der Waals surface area contributed by atoms with Crippen LogP contribution in [0.5, 0.6) is 0 Å². The summed E-state index contributed by atoms with van der Waals surface area (Å²) in [7, 11) is 0. The van der Waals surface area contributed by atoms with Crippen LogP contribution >= 0.6 is 0 Å². The molecule has 0 aliphatic carbocycles. The van der Waals surface area contributed by atoms with Gasteiger partial charge in [0, 0.05) is 6.61 Å². The van der Waals surface area contributed by atoms with Crippen LogP contribution in [0.25, 0.3) is 0 Å². The van der Waals surface area contributed by atoms with Crippen molar-refractivity contribution in [2.75, 3.05) is 13.2 Å². The van der Waals surface area contributed by atoms with Crippen molar-refractivity contribution in [3.8, 4) is 0 Å². The Kier molecular flexibility index (Phi) is 11.9. The summed E-state index contributed by atoms with van der Waals surface area (Å²) < 4.78 is 5.39. The molecule has 0 aliphatic heterocycles. The predicted molar refractivity (Wildman–Crippen MR) is 65.1 cm³/mol. The van der Waals surface area contributed by atoms with Gasteiger partial charge in [-0.15, -0.1) is 0 Å². The van der Waals surface area contributed by atoms with Gasteiger partial charge in [-0.05, 0) is 13.3 Å². The van der Waals surface area contributed by atoms with E-state index >= 15 is 0 Å². The molecule has 15 heavy (non-hydrogen) atoms. The topological polar surface area (TPSA) is 29.5 Å². The van der Waals surface area contributed by atoms with E-state index in [1.807, 2.05) is 6.92 Å². The van der Waals surface area contributed by atoms with E-state index in [4.69, 9.17) is 9.84 Å². The molecule has 0 aromatic rings. The highest BCUT2D eigenvalue weighted by atomic mass is 16.5. The van der Waals surface area contributed by atoms with E-state index in [1.54, 1.807) is 0 Å². The van der Waals surface area contributed by atoms with Gasteiger partial charge in [-0.1, -0.05) is 51.9 Å². The summed E-state index contributed by atoms with van der Waals surface area (Å²) in [6.45, 7) is 5.10. The second kappa shape index (κ2) is 12.0.